The molecule has 0 spiro atoms. The van der Waals surface area contributed by atoms with Crippen molar-refractivity contribution >= 4 is 29.9 Å². The number of nitrogens with two attached hydrogens (primary N) is 1. The molecule has 1 heterocycles. The van der Waals surface area contributed by atoms with Gasteiger partial charge >= 0.3 is 0 Å². The molecule has 2 aromatic rings. The van der Waals surface area contributed by atoms with E-state index < -0.39 is 0 Å². The van der Waals surface area contributed by atoms with Crippen LogP contribution in [-0.2, 0) is 9.59 Å². The normalized spacial score (nSPS) is 18.3. The standard InChI is InChI=1S/C19H22N4O3.ClH/c20-11-18(24)22-14-10-17(21-12-14)19(25)23-13-6-8-16(9-7-13)26-15-4-2-1-3-5-15;/h1-9,14,17,21H,10-12,20H2,(H,22,24)(H,23,25);1H/t14?,17-;/m0./s1. The molecule has 2 aromatic carbocycles. The third-order valence-corrected chi connectivity index (χ3v) is 4.10. The van der Waals surface area contributed by atoms with Gasteiger partial charge in [-0.1, -0.05) is 18.2 Å². The molecule has 7 nitrogen and oxygen atoms in total. The van der Waals surface area contributed by atoms with Crippen molar-refractivity contribution in [2.75, 3.05) is 18.4 Å². The van der Waals surface area contributed by atoms with Crippen LogP contribution in [0.4, 0.5) is 5.69 Å². The Labute approximate surface area is 164 Å². The first-order valence-corrected chi connectivity index (χ1v) is 8.50. The van der Waals surface area contributed by atoms with E-state index in [2.05, 4.69) is 16.0 Å². The van der Waals surface area contributed by atoms with Gasteiger partial charge in [0.05, 0.1) is 12.6 Å². The van der Waals surface area contributed by atoms with Crippen LogP contribution >= 0.6 is 12.4 Å². The van der Waals surface area contributed by atoms with Crippen molar-refractivity contribution in [2.45, 2.75) is 18.5 Å². The third kappa shape index (κ3) is 5.96. The number of amides is 2. The first-order chi connectivity index (χ1) is 12.6. The summed E-state index contributed by atoms with van der Waals surface area (Å²) in [4.78, 5) is 23.7. The minimum Gasteiger partial charge on any atom is -0.457 e. The highest BCUT2D eigenvalue weighted by Crippen LogP contribution is 2.23. The topological polar surface area (TPSA) is 105 Å². The SMILES string of the molecule is Cl.NCC(=O)NC1CN[C@H](C(=O)Nc2ccc(Oc3ccccc3)cc2)C1. The maximum absolute atomic E-state index is 12.3. The predicted octanol–water partition coefficient (Wildman–Crippen LogP) is 1.64. The van der Waals surface area contributed by atoms with E-state index >= 15 is 0 Å². The summed E-state index contributed by atoms with van der Waals surface area (Å²) in [7, 11) is 0. The van der Waals surface area contributed by atoms with Crippen LogP contribution in [0.3, 0.4) is 0 Å². The smallest absolute Gasteiger partial charge is 0.241 e. The quantitative estimate of drug-likeness (QED) is 0.600. The van der Waals surface area contributed by atoms with Gasteiger partial charge in [0.2, 0.25) is 11.8 Å². The maximum atomic E-state index is 12.3. The number of carbonyl (C=O) groups is 2. The Balaban J connectivity index is 0.00000261. The van der Waals surface area contributed by atoms with Crippen molar-refractivity contribution in [3.63, 3.8) is 0 Å². The van der Waals surface area contributed by atoms with Gasteiger partial charge in [-0.25, -0.2) is 0 Å². The number of halogens is 1. The molecule has 0 saturated carbocycles. The summed E-state index contributed by atoms with van der Waals surface area (Å²) >= 11 is 0. The molecular formula is C19H23ClN4O3. The molecule has 8 heteroatoms. The molecule has 0 radical (unpaired) electrons. The predicted molar refractivity (Wildman–Crippen MR) is 106 cm³/mol. The van der Waals surface area contributed by atoms with E-state index in [4.69, 9.17) is 10.5 Å². The van der Waals surface area contributed by atoms with Crippen LogP contribution in [0, 0.1) is 0 Å². The zero-order chi connectivity index (χ0) is 18.4. The molecule has 1 unspecified atom stereocenters. The average molecular weight is 391 g/mol. The Kier molecular flexibility index (Phi) is 7.60. The van der Waals surface area contributed by atoms with Crippen LogP contribution in [0.5, 0.6) is 11.5 Å². The van der Waals surface area contributed by atoms with E-state index in [1.807, 2.05) is 30.3 Å². The van der Waals surface area contributed by atoms with E-state index in [9.17, 15) is 9.59 Å². The largest absolute Gasteiger partial charge is 0.457 e. The fourth-order valence-electron chi connectivity index (χ4n) is 2.79. The van der Waals surface area contributed by atoms with E-state index in [0.29, 0.717) is 24.4 Å². The van der Waals surface area contributed by atoms with Gasteiger partial charge in [0.1, 0.15) is 11.5 Å². The summed E-state index contributed by atoms with van der Waals surface area (Å²) in [5, 5.41) is 8.76. The summed E-state index contributed by atoms with van der Waals surface area (Å²) in [6.07, 6.45) is 0.534. The molecule has 1 fully saturated rings. The highest BCUT2D eigenvalue weighted by atomic mass is 35.5. The lowest BCUT2D eigenvalue weighted by atomic mass is 10.1. The van der Waals surface area contributed by atoms with Gasteiger partial charge in [0.25, 0.3) is 0 Å². The van der Waals surface area contributed by atoms with Gasteiger partial charge in [-0.15, -0.1) is 12.4 Å². The summed E-state index contributed by atoms with van der Waals surface area (Å²) in [6.45, 7) is 0.498. The molecule has 0 aromatic heterocycles. The minimum absolute atomic E-state index is 0. The lowest BCUT2D eigenvalue weighted by Gasteiger charge is -2.13. The van der Waals surface area contributed by atoms with Crippen LogP contribution in [0.2, 0.25) is 0 Å². The molecule has 5 N–H and O–H groups in total. The first-order valence-electron chi connectivity index (χ1n) is 8.50. The van der Waals surface area contributed by atoms with Crippen molar-refractivity contribution in [3.8, 4) is 11.5 Å². The molecule has 1 saturated heterocycles. The summed E-state index contributed by atoms with van der Waals surface area (Å²) in [5.74, 6) is 1.10. The Hall–Kier alpha value is -2.61. The average Bonchev–Trinajstić information content (AvgIpc) is 3.12. The minimum atomic E-state index is -0.349. The molecule has 2 atom stereocenters. The fourth-order valence-corrected chi connectivity index (χ4v) is 2.79. The molecule has 3 rings (SSSR count). The van der Waals surface area contributed by atoms with E-state index in [1.165, 1.54) is 0 Å². The highest BCUT2D eigenvalue weighted by Gasteiger charge is 2.30. The second-order valence-corrected chi connectivity index (χ2v) is 6.09. The molecule has 0 bridgehead atoms. The van der Waals surface area contributed by atoms with Crippen molar-refractivity contribution in [1.82, 2.24) is 10.6 Å². The van der Waals surface area contributed by atoms with Crippen molar-refractivity contribution < 1.29 is 14.3 Å². The molecule has 1 aliphatic heterocycles. The third-order valence-electron chi connectivity index (χ3n) is 4.10. The molecular weight excluding hydrogens is 368 g/mol. The molecule has 2 amide bonds. The summed E-state index contributed by atoms with van der Waals surface area (Å²) in [5.41, 5.74) is 5.97. The molecule has 144 valence electrons. The molecule has 27 heavy (non-hydrogen) atoms. The lowest BCUT2D eigenvalue weighted by Crippen LogP contribution is -2.39. The van der Waals surface area contributed by atoms with Crippen LogP contribution < -0.4 is 26.4 Å². The second-order valence-electron chi connectivity index (χ2n) is 6.09. The molecule has 0 aliphatic carbocycles. The number of nitrogens with one attached hydrogen (secondary N) is 3. The second kappa shape index (κ2) is 9.91. The highest BCUT2D eigenvalue weighted by molar-refractivity contribution is 5.95. The number of rotatable bonds is 6. The van der Waals surface area contributed by atoms with Crippen LogP contribution in [0.25, 0.3) is 0 Å². The van der Waals surface area contributed by atoms with E-state index in [0.717, 1.165) is 5.75 Å². The van der Waals surface area contributed by atoms with Crippen LogP contribution in [0.1, 0.15) is 6.42 Å². The Morgan fingerprint density at radius 1 is 1.07 bits per heavy atom. The Bertz CT molecular complexity index is 755. The van der Waals surface area contributed by atoms with Crippen LogP contribution in [-0.4, -0.2) is 37.0 Å². The number of para-hydroxylation sites is 1. The number of hydrogen-bond acceptors (Lipinski definition) is 5. The van der Waals surface area contributed by atoms with Gasteiger partial charge in [0, 0.05) is 18.3 Å². The summed E-state index contributed by atoms with van der Waals surface area (Å²) in [6, 6.07) is 16.2. The van der Waals surface area contributed by atoms with Gasteiger partial charge in [-0.05, 0) is 42.8 Å². The number of carbonyl (C=O) groups excluding carboxylic acids is 2. The van der Waals surface area contributed by atoms with Gasteiger partial charge < -0.3 is 26.4 Å². The van der Waals surface area contributed by atoms with Gasteiger partial charge in [-0.2, -0.15) is 0 Å². The number of anilines is 1. The molecule has 1 aliphatic rings. The Morgan fingerprint density at radius 2 is 1.74 bits per heavy atom. The monoisotopic (exact) mass is 390 g/mol. The lowest BCUT2D eigenvalue weighted by molar-refractivity contribution is -0.121. The zero-order valence-electron chi connectivity index (χ0n) is 14.7. The maximum Gasteiger partial charge on any atom is 0.241 e. The number of benzene rings is 2. The zero-order valence-corrected chi connectivity index (χ0v) is 15.5. The fraction of sp³-hybridized carbons (Fsp3) is 0.263. The van der Waals surface area contributed by atoms with Gasteiger partial charge in [0.15, 0.2) is 0 Å². The Morgan fingerprint density at radius 3 is 2.41 bits per heavy atom. The van der Waals surface area contributed by atoms with Crippen molar-refractivity contribution in [2.24, 2.45) is 5.73 Å². The van der Waals surface area contributed by atoms with Crippen molar-refractivity contribution in [1.29, 1.82) is 0 Å². The van der Waals surface area contributed by atoms with Crippen molar-refractivity contribution in [3.05, 3.63) is 54.6 Å². The van der Waals surface area contributed by atoms with E-state index in [1.54, 1.807) is 24.3 Å². The first kappa shape index (κ1) is 20.7. The number of ether oxygens (including phenoxy) is 1. The van der Waals surface area contributed by atoms with Crippen LogP contribution in [0.15, 0.2) is 54.6 Å². The summed E-state index contributed by atoms with van der Waals surface area (Å²) < 4.78 is 5.72. The van der Waals surface area contributed by atoms with Gasteiger partial charge in [-0.3, -0.25) is 9.59 Å². The van der Waals surface area contributed by atoms with E-state index in [-0.39, 0.29) is 42.8 Å². The number of hydrogen-bond donors (Lipinski definition) is 4.